The van der Waals surface area contributed by atoms with Crippen molar-refractivity contribution in [2.75, 3.05) is 0 Å². The number of halogens is 4. The Balaban J connectivity index is 3.02. The van der Waals surface area contributed by atoms with Gasteiger partial charge in [-0.2, -0.15) is 0 Å². The fourth-order valence-corrected chi connectivity index (χ4v) is 0.894. The highest BCUT2D eigenvalue weighted by molar-refractivity contribution is 6.32. The molecular weight excluding hydrogens is 219 g/mol. The summed E-state index contributed by atoms with van der Waals surface area (Å²) in [7, 11) is -2.25. The summed E-state index contributed by atoms with van der Waals surface area (Å²) in [6.07, 6.45) is 0. The van der Waals surface area contributed by atoms with Crippen LogP contribution in [0.1, 0.15) is 5.56 Å². The molecule has 0 spiro atoms. The monoisotopic (exact) mass is 224 g/mol. The van der Waals surface area contributed by atoms with Gasteiger partial charge in [-0.3, -0.25) is 0 Å². The summed E-state index contributed by atoms with van der Waals surface area (Å²) < 4.78 is 54.8. The summed E-state index contributed by atoms with van der Waals surface area (Å²) in [4.78, 5) is 0. The third-order valence-electron chi connectivity index (χ3n) is 1.59. The lowest BCUT2D eigenvalue weighted by atomic mass is 10.1. The van der Waals surface area contributed by atoms with Gasteiger partial charge in [0.05, 0.1) is 12.2 Å². The molecule has 15 heavy (non-hydrogen) atoms. The van der Waals surface area contributed by atoms with Gasteiger partial charge in [-0.05, 0) is 0 Å². The third kappa shape index (κ3) is 2.68. The molecule has 0 aromatic heterocycles. The zero-order chi connectivity index (χ0) is 11.6. The van der Waals surface area contributed by atoms with Gasteiger partial charge in [0.15, 0.2) is 17.5 Å². The average Bonchev–Trinajstić information content (AvgIpc) is 2.14. The van der Waals surface area contributed by atoms with Gasteiger partial charge in [-0.25, -0.2) is 17.6 Å². The quantitative estimate of drug-likeness (QED) is 0.344. The Bertz CT molecular complexity index is 372. The first-order chi connectivity index (χ1) is 6.93. The number of hydrogen-bond acceptors (Lipinski definition) is 3. The van der Waals surface area contributed by atoms with Crippen LogP contribution in [0.5, 0.6) is 0 Å². The molecule has 82 valence electrons. The van der Waals surface area contributed by atoms with Crippen LogP contribution < -0.4 is 0 Å². The predicted octanol–water partition coefficient (Wildman–Crippen LogP) is 0.729. The van der Waals surface area contributed by atoms with Crippen molar-refractivity contribution < 1.29 is 32.3 Å². The van der Waals surface area contributed by atoms with Crippen LogP contribution in [0.2, 0.25) is 0 Å². The van der Waals surface area contributed by atoms with E-state index in [-0.39, 0.29) is 6.07 Å². The third-order valence-corrected chi connectivity index (χ3v) is 1.59. The summed E-state index contributed by atoms with van der Waals surface area (Å²) in [5.41, 5.74) is -0.915. The Hall–Kier alpha value is -1.12. The molecule has 1 aromatic rings. The zero-order valence-electron chi connectivity index (χ0n) is 7.18. The van der Waals surface area contributed by atoms with Crippen molar-refractivity contribution in [2.45, 2.75) is 6.61 Å². The molecule has 0 aliphatic carbocycles. The van der Waals surface area contributed by atoms with Crippen LogP contribution >= 0.6 is 0 Å². The van der Waals surface area contributed by atoms with Crippen molar-refractivity contribution in [2.24, 2.45) is 0 Å². The zero-order valence-corrected chi connectivity index (χ0v) is 7.18. The average molecular weight is 224 g/mol. The standard InChI is InChI=1S/C7H5BF4O3/c9-4-1-5(10)7(12)6(11)3(4)2-15-8(13)14/h1,13-14H,2H2. The van der Waals surface area contributed by atoms with Crippen LogP contribution in [-0.2, 0) is 11.3 Å². The molecule has 0 saturated heterocycles. The van der Waals surface area contributed by atoms with Crippen molar-refractivity contribution in [3.8, 4) is 0 Å². The molecular formula is C7H5BF4O3. The van der Waals surface area contributed by atoms with E-state index in [0.29, 0.717) is 0 Å². The van der Waals surface area contributed by atoms with Crippen molar-refractivity contribution in [3.05, 3.63) is 34.9 Å². The van der Waals surface area contributed by atoms with Crippen LogP contribution in [0.3, 0.4) is 0 Å². The van der Waals surface area contributed by atoms with Gasteiger partial charge in [0.25, 0.3) is 0 Å². The van der Waals surface area contributed by atoms with E-state index in [0.717, 1.165) is 0 Å². The second kappa shape index (κ2) is 4.60. The molecule has 1 aromatic carbocycles. The van der Waals surface area contributed by atoms with E-state index in [9.17, 15) is 17.6 Å². The molecule has 3 nitrogen and oxygen atoms in total. The molecule has 1 rings (SSSR count). The fourth-order valence-electron chi connectivity index (χ4n) is 0.894. The molecule has 2 N–H and O–H groups in total. The van der Waals surface area contributed by atoms with Gasteiger partial charge < -0.3 is 14.7 Å². The van der Waals surface area contributed by atoms with E-state index >= 15 is 0 Å². The largest absolute Gasteiger partial charge is 0.634 e. The molecule has 8 heteroatoms. The van der Waals surface area contributed by atoms with E-state index in [1.165, 1.54) is 0 Å². The first-order valence-electron chi connectivity index (χ1n) is 3.73. The Morgan fingerprint density at radius 3 is 2.20 bits per heavy atom. The number of rotatable bonds is 3. The lowest BCUT2D eigenvalue weighted by Gasteiger charge is -2.06. The van der Waals surface area contributed by atoms with Crippen LogP contribution in [0.15, 0.2) is 6.07 Å². The van der Waals surface area contributed by atoms with Crippen molar-refractivity contribution in [1.29, 1.82) is 0 Å². The first kappa shape index (κ1) is 12.0. The van der Waals surface area contributed by atoms with Crippen LogP contribution in [0, 0.1) is 23.3 Å². The predicted molar refractivity (Wildman–Crippen MR) is 41.3 cm³/mol. The van der Waals surface area contributed by atoms with Crippen molar-refractivity contribution in [3.63, 3.8) is 0 Å². The second-order valence-corrected chi connectivity index (χ2v) is 2.58. The Morgan fingerprint density at radius 1 is 1.07 bits per heavy atom. The molecule has 0 unspecified atom stereocenters. The Kier molecular flexibility index (Phi) is 3.67. The van der Waals surface area contributed by atoms with Crippen molar-refractivity contribution in [1.82, 2.24) is 0 Å². The van der Waals surface area contributed by atoms with E-state index in [4.69, 9.17) is 10.0 Å². The highest BCUT2D eigenvalue weighted by atomic mass is 19.2. The van der Waals surface area contributed by atoms with Gasteiger partial charge >= 0.3 is 7.32 Å². The topological polar surface area (TPSA) is 49.7 Å². The smallest absolute Gasteiger partial charge is 0.402 e. The van der Waals surface area contributed by atoms with Crippen LogP contribution in [0.4, 0.5) is 17.6 Å². The summed E-state index contributed by atoms with van der Waals surface area (Å²) in [6, 6.07) is 0.140. The molecule has 0 radical (unpaired) electrons. The summed E-state index contributed by atoms with van der Waals surface area (Å²) >= 11 is 0. The Labute approximate surface area is 82.1 Å². The van der Waals surface area contributed by atoms with E-state index < -0.39 is 42.8 Å². The van der Waals surface area contributed by atoms with Gasteiger partial charge in [0.1, 0.15) is 5.82 Å². The van der Waals surface area contributed by atoms with Crippen molar-refractivity contribution >= 4 is 7.32 Å². The summed E-state index contributed by atoms with van der Waals surface area (Å²) in [5.74, 6) is -6.64. The SMILES string of the molecule is OB(O)OCc1c(F)cc(F)c(F)c1F. The maximum absolute atomic E-state index is 12.9. The van der Waals surface area contributed by atoms with E-state index in [1.807, 2.05) is 0 Å². The molecule has 0 bridgehead atoms. The lowest BCUT2D eigenvalue weighted by Crippen LogP contribution is -2.18. The van der Waals surface area contributed by atoms with Crippen LogP contribution in [-0.4, -0.2) is 17.4 Å². The lowest BCUT2D eigenvalue weighted by molar-refractivity contribution is 0.171. The molecule has 0 amide bonds. The number of benzene rings is 1. The first-order valence-corrected chi connectivity index (χ1v) is 3.73. The minimum atomic E-state index is -2.25. The van der Waals surface area contributed by atoms with Gasteiger partial charge in [-0.1, -0.05) is 0 Å². The minimum absolute atomic E-state index is 0.140. The molecule has 0 aliphatic rings. The molecule has 0 fully saturated rings. The summed E-state index contributed by atoms with van der Waals surface area (Å²) in [6.45, 7) is -0.924. The highest BCUT2D eigenvalue weighted by Crippen LogP contribution is 2.19. The molecule has 0 aliphatic heterocycles. The Morgan fingerprint density at radius 2 is 1.67 bits per heavy atom. The van der Waals surface area contributed by atoms with E-state index in [2.05, 4.69) is 4.65 Å². The molecule has 0 saturated carbocycles. The normalized spacial score (nSPS) is 10.5. The highest BCUT2D eigenvalue weighted by Gasteiger charge is 2.20. The van der Waals surface area contributed by atoms with Crippen LogP contribution in [0.25, 0.3) is 0 Å². The summed E-state index contributed by atoms with van der Waals surface area (Å²) in [5, 5.41) is 16.5. The maximum Gasteiger partial charge on any atom is 0.634 e. The minimum Gasteiger partial charge on any atom is -0.402 e. The fraction of sp³-hybridized carbons (Fsp3) is 0.143. The van der Waals surface area contributed by atoms with E-state index in [1.54, 1.807) is 0 Å². The second-order valence-electron chi connectivity index (χ2n) is 2.58. The maximum atomic E-state index is 12.9. The van der Waals surface area contributed by atoms with Gasteiger partial charge in [0.2, 0.25) is 0 Å². The molecule has 0 heterocycles. The van der Waals surface area contributed by atoms with Gasteiger partial charge in [-0.15, -0.1) is 0 Å². The number of hydrogen-bond donors (Lipinski definition) is 2. The molecule has 0 atom stereocenters. The van der Waals surface area contributed by atoms with Gasteiger partial charge in [0, 0.05) is 6.07 Å².